The number of hydrogen-bond donors (Lipinski definition) is 1. The third-order valence-electron chi connectivity index (χ3n) is 0.885. The molecule has 1 nitrogen and oxygen atoms in total. The van der Waals surface area contributed by atoms with Crippen molar-refractivity contribution in [1.82, 2.24) is 0 Å². The summed E-state index contributed by atoms with van der Waals surface area (Å²) in [6.07, 6.45) is 0. The van der Waals surface area contributed by atoms with Gasteiger partial charge >= 0.3 is 0 Å². The number of halogens is 2. The van der Waals surface area contributed by atoms with Crippen LogP contribution in [-0.4, -0.2) is 0 Å². The largest absolute Gasteiger partial charge is 0.399 e. The number of rotatable bonds is 0. The van der Waals surface area contributed by atoms with Gasteiger partial charge < -0.3 is 5.73 Å². The first kappa shape index (κ1) is 7.15. The maximum atomic E-state index is 5.67. The smallest absolute Gasteiger partial charge is 0.0436 e. The molecule has 1 rings (SSSR count). The molecule has 0 amide bonds. The molecule has 3 heteroatoms. The average Bonchev–Trinajstić information content (AvgIpc) is 1.59. The van der Waals surface area contributed by atoms with E-state index >= 15 is 0 Å². The number of hydrogen-bond acceptors (Lipinski definition) is 1. The zero-order valence-electron chi connectivity index (χ0n) is 4.57. The maximum Gasteiger partial charge on any atom is 0.0436 e. The van der Waals surface area contributed by atoms with Crippen molar-refractivity contribution in [2.24, 2.45) is 0 Å². The third-order valence-corrected chi connectivity index (χ3v) is 1.73. The van der Waals surface area contributed by atoms with Crippen molar-refractivity contribution in [3.63, 3.8) is 0 Å². The van der Waals surface area contributed by atoms with Crippen LogP contribution >= 0.6 is 34.2 Å². The van der Waals surface area contributed by atoms with Crippen molar-refractivity contribution in [1.29, 1.82) is 0 Å². The van der Waals surface area contributed by atoms with Gasteiger partial charge in [0, 0.05) is 14.3 Å². The molecule has 0 aliphatic rings. The lowest BCUT2D eigenvalue weighted by molar-refractivity contribution is 1.63. The van der Waals surface area contributed by atoms with Crippen LogP contribution < -0.4 is 5.73 Å². The molecule has 0 fully saturated rings. The highest BCUT2D eigenvalue weighted by Crippen LogP contribution is 2.17. The van der Waals surface area contributed by atoms with Gasteiger partial charge in [-0.25, -0.2) is 0 Å². The van der Waals surface area contributed by atoms with E-state index in [4.69, 9.17) is 17.3 Å². The summed E-state index contributed by atoms with van der Waals surface area (Å²) in [5.74, 6) is 0. The van der Waals surface area contributed by atoms with Crippen LogP contribution in [0.3, 0.4) is 0 Å². The monoisotopic (exact) mass is 253 g/mol. The van der Waals surface area contributed by atoms with E-state index in [1.165, 1.54) is 0 Å². The van der Waals surface area contributed by atoms with Gasteiger partial charge in [0.25, 0.3) is 0 Å². The van der Waals surface area contributed by atoms with Crippen molar-refractivity contribution >= 4 is 39.9 Å². The minimum Gasteiger partial charge on any atom is -0.399 e. The third kappa shape index (κ3) is 2.02. The molecule has 9 heavy (non-hydrogen) atoms. The lowest BCUT2D eigenvalue weighted by Gasteiger charge is -1.94. The molecule has 48 valence electrons. The van der Waals surface area contributed by atoms with Crippen molar-refractivity contribution < 1.29 is 0 Å². The van der Waals surface area contributed by atoms with E-state index in [9.17, 15) is 0 Å². The predicted octanol–water partition coefficient (Wildman–Crippen LogP) is 2.53. The first-order valence-corrected chi connectivity index (χ1v) is 3.86. The van der Waals surface area contributed by atoms with E-state index in [-0.39, 0.29) is 0 Å². The highest BCUT2D eigenvalue weighted by Gasteiger charge is 1.91. The molecule has 1 aromatic carbocycles. The lowest BCUT2D eigenvalue weighted by Crippen LogP contribution is -1.84. The van der Waals surface area contributed by atoms with Crippen LogP contribution in [0.25, 0.3) is 0 Å². The van der Waals surface area contributed by atoms with Crippen molar-refractivity contribution in [3.05, 3.63) is 26.8 Å². The Morgan fingerprint density at radius 3 is 2.44 bits per heavy atom. The van der Waals surface area contributed by atoms with E-state index in [1.807, 2.05) is 12.1 Å². The molecule has 0 saturated heterocycles. The molecule has 0 atom stereocenters. The lowest BCUT2D eigenvalue weighted by atomic mass is 10.3. The quantitative estimate of drug-likeness (QED) is 0.558. The van der Waals surface area contributed by atoms with Gasteiger partial charge in [-0.15, -0.1) is 0 Å². The Balaban J connectivity index is 3.17. The minimum atomic E-state index is 0.694. The molecule has 0 saturated carbocycles. The zero-order chi connectivity index (χ0) is 6.85. The Kier molecular flexibility index (Phi) is 2.18. The van der Waals surface area contributed by atoms with E-state index in [2.05, 4.69) is 22.6 Å². The second-order valence-electron chi connectivity index (χ2n) is 1.70. The van der Waals surface area contributed by atoms with E-state index in [0.717, 1.165) is 3.57 Å². The molecule has 0 bridgehead atoms. The highest BCUT2D eigenvalue weighted by atomic mass is 127. The van der Waals surface area contributed by atoms with Gasteiger partial charge in [0.15, 0.2) is 0 Å². The summed E-state index contributed by atoms with van der Waals surface area (Å²) in [5.41, 5.74) is 6.18. The van der Waals surface area contributed by atoms with E-state index in [0.29, 0.717) is 10.7 Å². The van der Waals surface area contributed by atoms with Gasteiger partial charge in [0.2, 0.25) is 0 Å². The second-order valence-corrected chi connectivity index (χ2v) is 3.38. The summed E-state index contributed by atoms with van der Waals surface area (Å²) >= 11 is 7.83. The van der Waals surface area contributed by atoms with Crippen LogP contribution in [0.2, 0.25) is 5.02 Å². The van der Waals surface area contributed by atoms with Crippen molar-refractivity contribution in [2.75, 3.05) is 5.73 Å². The Morgan fingerprint density at radius 2 is 2.00 bits per heavy atom. The molecule has 0 aliphatic heterocycles. The van der Waals surface area contributed by atoms with Gasteiger partial charge in [-0.05, 0) is 40.8 Å². The van der Waals surface area contributed by atoms with Gasteiger partial charge in [0.05, 0.1) is 0 Å². The Labute approximate surface area is 72.3 Å². The standard InChI is InChI=1S/C6H5ClIN/c7-4-1-5(8)3-6(9)2-4/h1-3H,9H2. The Bertz CT molecular complexity index is 174. The molecule has 2 N–H and O–H groups in total. The second kappa shape index (κ2) is 2.75. The number of nitrogens with two attached hydrogens (primary N) is 1. The van der Waals surface area contributed by atoms with Gasteiger partial charge in [-0.3, -0.25) is 0 Å². The highest BCUT2D eigenvalue weighted by molar-refractivity contribution is 14.1. The molecule has 0 heterocycles. The Morgan fingerprint density at radius 1 is 1.33 bits per heavy atom. The fourth-order valence-electron chi connectivity index (χ4n) is 0.575. The maximum absolute atomic E-state index is 5.67. The first-order chi connectivity index (χ1) is 4.18. The Hall–Kier alpha value is 0.0400. The average molecular weight is 253 g/mol. The molecule has 0 aliphatic carbocycles. The summed E-state index contributed by atoms with van der Waals surface area (Å²) in [5, 5.41) is 0.694. The number of nitrogen functional groups attached to an aromatic ring is 1. The number of anilines is 1. The summed E-state index contributed by atoms with van der Waals surface area (Å²) < 4.78 is 1.07. The van der Waals surface area contributed by atoms with Crippen molar-refractivity contribution in [2.45, 2.75) is 0 Å². The molecular weight excluding hydrogens is 248 g/mol. The van der Waals surface area contributed by atoms with Crippen LogP contribution in [-0.2, 0) is 0 Å². The van der Waals surface area contributed by atoms with Crippen LogP contribution in [0, 0.1) is 3.57 Å². The van der Waals surface area contributed by atoms with E-state index in [1.54, 1.807) is 6.07 Å². The van der Waals surface area contributed by atoms with Crippen LogP contribution in [0.15, 0.2) is 18.2 Å². The minimum absolute atomic E-state index is 0.694. The topological polar surface area (TPSA) is 26.0 Å². The van der Waals surface area contributed by atoms with E-state index < -0.39 is 0 Å². The molecular formula is C6H5ClIN. The normalized spacial score (nSPS) is 9.56. The van der Waals surface area contributed by atoms with Crippen LogP contribution in [0.4, 0.5) is 5.69 Å². The molecule has 0 unspecified atom stereocenters. The summed E-state index contributed by atoms with van der Waals surface area (Å²) in [4.78, 5) is 0. The molecule has 1 aromatic rings. The fourth-order valence-corrected chi connectivity index (χ4v) is 1.70. The van der Waals surface area contributed by atoms with Crippen LogP contribution in [0.5, 0.6) is 0 Å². The fraction of sp³-hybridized carbons (Fsp3) is 0. The van der Waals surface area contributed by atoms with Crippen molar-refractivity contribution in [3.8, 4) is 0 Å². The zero-order valence-corrected chi connectivity index (χ0v) is 7.48. The summed E-state index contributed by atoms with van der Waals surface area (Å²) in [7, 11) is 0. The summed E-state index contributed by atoms with van der Waals surface area (Å²) in [6, 6.07) is 5.45. The van der Waals surface area contributed by atoms with Gasteiger partial charge in [-0.2, -0.15) is 0 Å². The summed E-state index contributed by atoms with van der Waals surface area (Å²) in [6.45, 7) is 0. The number of benzene rings is 1. The molecule has 0 aromatic heterocycles. The molecule has 0 radical (unpaired) electrons. The predicted molar refractivity (Wildman–Crippen MR) is 48.6 cm³/mol. The SMILES string of the molecule is Nc1cc(Cl)cc(I)c1. The van der Waals surface area contributed by atoms with Crippen LogP contribution in [0.1, 0.15) is 0 Å². The first-order valence-electron chi connectivity index (χ1n) is 2.40. The van der Waals surface area contributed by atoms with Gasteiger partial charge in [-0.1, -0.05) is 11.6 Å². The van der Waals surface area contributed by atoms with Gasteiger partial charge in [0.1, 0.15) is 0 Å². The molecule has 0 spiro atoms.